The molecule has 3 rings (SSSR count). The maximum absolute atomic E-state index is 12.3. The number of carboxylic acid groups (broad SMARTS) is 1. The highest BCUT2D eigenvalue weighted by Crippen LogP contribution is 2.26. The van der Waals surface area contributed by atoms with E-state index in [9.17, 15) is 14.7 Å². The number of oxime groups is 1. The number of esters is 1. The zero-order valence-electron chi connectivity index (χ0n) is 19.4. The Balaban J connectivity index is 1.53. The number of carboxylic acids is 1. The van der Waals surface area contributed by atoms with Gasteiger partial charge in [-0.05, 0) is 40.8 Å². The summed E-state index contributed by atoms with van der Waals surface area (Å²) in [4.78, 5) is 29.1. The van der Waals surface area contributed by atoms with Crippen LogP contribution in [0.3, 0.4) is 0 Å². The van der Waals surface area contributed by atoms with Crippen molar-refractivity contribution in [1.29, 1.82) is 0 Å². The van der Waals surface area contributed by atoms with Gasteiger partial charge in [-0.2, -0.15) is 0 Å². The van der Waals surface area contributed by atoms with Gasteiger partial charge in [-0.25, -0.2) is 9.59 Å². The minimum absolute atomic E-state index is 0.0892. The molecule has 0 aliphatic carbocycles. The number of nitrogens with zero attached hydrogens (tertiary/aromatic N) is 1. The van der Waals surface area contributed by atoms with Gasteiger partial charge in [-0.15, -0.1) is 0 Å². The van der Waals surface area contributed by atoms with Gasteiger partial charge < -0.3 is 19.4 Å². The Labute approximate surface area is 198 Å². The molecule has 0 aliphatic rings. The van der Waals surface area contributed by atoms with E-state index in [0.717, 1.165) is 5.56 Å². The topological polar surface area (TPSA) is 94.4 Å². The minimum Gasteiger partial charge on any atom is -0.490 e. The van der Waals surface area contributed by atoms with E-state index in [-0.39, 0.29) is 29.9 Å². The monoisotopic (exact) mass is 461 g/mol. The fourth-order valence-corrected chi connectivity index (χ4v) is 3.00. The predicted octanol–water partition coefficient (Wildman–Crippen LogP) is 5.33. The van der Waals surface area contributed by atoms with Crippen molar-refractivity contribution in [3.8, 4) is 11.5 Å². The van der Waals surface area contributed by atoms with E-state index in [1.165, 1.54) is 23.8 Å². The van der Waals surface area contributed by atoms with Crippen molar-refractivity contribution in [2.45, 2.75) is 26.2 Å². The molecule has 7 heteroatoms. The van der Waals surface area contributed by atoms with Gasteiger partial charge in [0.1, 0.15) is 23.7 Å². The van der Waals surface area contributed by atoms with E-state index in [1.54, 1.807) is 36.5 Å². The zero-order valence-corrected chi connectivity index (χ0v) is 19.4. The summed E-state index contributed by atoms with van der Waals surface area (Å²) in [6.45, 7) is 6.81. The van der Waals surface area contributed by atoms with Crippen LogP contribution in [0.4, 0.5) is 0 Å². The molecule has 0 saturated heterocycles. The first-order valence-electron chi connectivity index (χ1n) is 10.8. The molecule has 34 heavy (non-hydrogen) atoms. The van der Waals surface area contributed by atoms with Crippen molar-refractivity contribution in [3.63, 3.8) is 0 Å². The molecule has 0 radical (unpaired) electrons. The van der Waals surface area contributed by atoms with Crippen LogP contribution in [0.15, 0.2) is 78.0 Å². The summed E-state index contributed by atoms with van der Waals surface area (Å²) < 4.78 is 10.9. The van der Waals surface area contributed by atoms with Crippen LogP contribution in [0.25, 0.3) is 0 Å². The van der Waals surface area contributed by atoms with Gasteiger partial charge in [0.2, 0.25) is 0 Å². The Morgan fingerprint density at radius 1 is 0.941 bits per heavy atom. The lowest BCUT2D eigenvalue weighted by Gasteiger charge is -2.18. The first-order valence-corrected chi connectivity index (χ1v) is 10.8. The van der Waals surface area contributed by atoms with Crippen molar-refractivity contribution in [1.82, 2.24) is 0 Å². The molecular weight excluding hydrogens is 434 g/mol. The van der Waals surface area contributed by atoms with E-state index in [0.29, 0.717) is 11.3 Å². The van der Waals surface area contributed by atoms with Gasteiger partial charge in [0.15, 0.2) is 6.61 Å². The van der Waals surface area contributed by atoms with E-state index in [2.05, 4.69) is 38.1 Å². The van der Waals surface area contributed by atoms with E-state index < -0.39 is 11.9 Å². The lowest BCUT2D eigenvalue weighted by molar-refractivity contribution is 0.0680. The third kappa shape index (κ3) is 6.93. The quantitative estimate of drug-likeness (QED) is 0.152. The summed E-state index contributed by atoms with van der Waals surface area (Å²) >= 11 is 0. The number of benzene rings is 3. The van der Waals surface area contributed by atoms with Gasteiger partial charge in [-0.1, -0.05) is 68.4 Å². The summed E-state index contributed by atoms with van der Waals surface area (Å²) in [6.07, 6.45) is 1.62. The summed E-state index contributed by atoms with van der Waals surface area (Å²) in [5, 5.41) is 13.3. The zero-order chi connectivity index (χ0) is 24.6. The molecule has 0 saturated carbocycles. The first-order chi connectivity index (χ1) is 16.2. The maximum Gasteiger partial charge on any atom is 0.343 e. The van der Waals surface area contributed by atoms with Crippen LogP contribution in [0.5, 0.6) is 11.5 Å². The minimum atomic E-state index is -1.21. The normalized spacial score (nSPS) is 11.3. The predicted molar refractivity (Wildman–Crippen MR) is 129 cm³/mol. The van der Waals surface area contributed by atoms with Crippen LogP contribution in [0, 0.1) is 0 Å². The second-order valence-corrected chi connectivity index (χ2v) is 8.51. The Bertz CT molecular complexity index is 1150. The Morgan fingerprint density at radius 2 is 1.65 bits per heavy atom. The second kappa shape index (κ2) is 11.1. The molecule has 0 aromatic heterocycles. The third-order valence-corrected chi connectivity index (χ3v) is 4.89. The number of hydrogen-bond acceptors (Lipinski definition) is 6. The molecule has 0 fully saturated rings. The second-order valence-electron chi connectivity index (χ2n) is 8.51. The number of carbonyl (C=O) groups excluding carboxylic acids is 1. The third-order valence-electron chi connectivity index (χ3n) is 4.89. The van der Waals surface area contributed by atoms with Gasteiger partial charge in [0.25, 0.3) is 0 Å². The number of carbonyl (C=O) groups is 2. The molecule has 0 aliphatic heterocycles. The number of aromatic carboxylic acids is 1. The molecule has 3 aromatic carbocycles. The molecule has 7 nitrogen and oxygen atoms in total. The van der Waals surface area contributed by atoms with Crippen molar-refractivity contribution < 1.29 is 29.0 Å². The average Bonchev–Trinajstić information content (AvgIpc) is 2.81. The Kier molecular flexibility index (Phi) is 8.03. The summed E-state index contributed by atoms with van der Waals surface area (Å²) in [5.41, 5.74) is 2.41. The molecule has 0 amide bonds. The molecular formula is C27H27NO6. The fourth-order valence-electron chi connectivity index (χ4n) is 3.00. The molecule has 3 aromatic rings. The van der Waals surface area contributed by atoms with Crippen LogP contribution in [-0.2, 0) is 10.3 Å². The summed E-state index contributed by atoms with van der Waals surface area (Å²) in [5.74, 6) is -1.63. The lowest BCUT2D eigenvalue weighted by atomic mass is 9.87. The van der Waals surface area contributed by atoms with Gasteiger partial charge in [-0.3, -0.25) is 0 Å². The fraction of sp³-hybridized carbons (Fsp3) is 0.222. The van der Waals surface area contributed by atoms with Crippen LogP contribution in [0.2, 0.25) is 0 Å². The molecule has 0 spiro atoms. The van der Waals surface area contributed by atoms with Crippen molar-refractivity contribution in [3.05, 3.63) is 95.1 Å². The molecule has 0 bridgehead atoms. The van der Waals surface area contributed by atoms with Crippen molar-refractivity contribution >= 4 is 18.2 Å². The van der Waals surface area contributed by atoms with Crippen LogP contribution < -0.4 is 9.47 Å². The number of hydrogen-bond donors (Lipinski definition) is 1. The number of rotatable bonds is 9. The van der Waals surface area contributed by atoms with Crippen molar-refractivity contribution in [2.75, 3.05) is 13.2 Å². The SMILES string of the molecule is CC(C)(C)c1ccc(C=NOCCOc2ccc(C(=O)O)c(OC(=O)c3ccccc3)c2)cc1. The van der Waals surface area contributed by atoms with E-state index in [1.807, 2.05) is 12.1 Å². The Hall–Kier alpha value is -4.13. The number of ether oxygens (including phenoxy) is 2. The maximum atomic E-state index is 12.3. The van der Waals surface area contributed by atoms with E-state index in [4.69, 9.17) is 14.3 Å². The van der Waals surface area contributed by atoms with E-state index >= 15 is 0 Å². The largest absolute Gasteiger partial charge is 0.490 e. The van der Waals surface area contributed by atoms with Gasteiger partial charge in [0, 0.05) is 6.07 Å². The summed E-state index contributed by atoms with van der Waals surface area (Å²) in [6, 6.07) is 20.6. The molecule has 1 N–H and O–H groups in total. The molecule has 0 heterocycles. The molecule has 176 valence electrons. The van der Waals surface area contributed by atoms with Crippen molar-refractivity contribution in [2.24, 2.45) is 5.16 Å². The lowest BCUT2D eigenvalue weighted by Crippen LogP contribution is -2.12. The van der Waals surface area contributed by atoms with Gasteiger partial charge in [0.05, 0.1) is 11.8 Å². The highest BCUT2D eigenvalue weighted by atomic mass is 16.6. The average molecular weight is 462 g/mol. The van der Waals surface area contributed by atoms with Crippen LogP contribution in [-0.4, -0.2) is 36.5 Å². The highest BCUT2D eigenvalue weighted by molar-refractivity contribution is 5.95. The van der Waals surface area contributed by atoms with Crippen LogP contribution >= 0.6 is 0 Å². The smallest absolute Gasteiger partial charge is 0.343 e. The Morgan fingerprint density at radius 3 is 2.29 bits per heavy atom. The van der Waals surface area contributed by atoms with Crippen LogP contribution in [0.1, 0.15) is 52.6 Å². The first kappa shape index (κ1) is 24.5. The molecule has 0 atom stereocenters. The standard InChI is InChI=1S/C27H27NO6/c1-27(2,3)21-11-9-19(10-12-21)18-28-33-16-15-32-22-13-14-23(25(29)30)24(17-22)34-26(31)20-7-5-4-6-8-20/h4-14,17-18H,15-16H2,1-3H3,(H,29,30). The molecule has 0 unspecified atom stereocenters. The summed E-state index contributed by atoms with van der Waals surface area (Å²) in [7, 11) is 0. The van der Waals surface area contributed by atoms with Gasteiger partial charge >= 0.3 is 11.9 Å². The highest BCUT2D eigenvalue weighted by Gasteiger charge is 2.17.